The molecule has 0 saturated heterocycles. The maximum absolute atomic E-state index is 11.9. The normalized spacial score (nSPS) is 15.0. The van der Waals surface area contributed by atoms with Gasteiger partial charge >= 0.3 is 0 Å². The van der Waals surface area contributed by atoms with Crippen LogP contribution in [0.2, 0.25) is 0 Å². The summed E-state index contributed by atoms with van der Waals surface area (Å²) < 4.78 is 17.0. The molecule has 5 heteroatoms. The van der Waals surface area contributed by atoms with Gasteiger partial charge in [0, 0.05) is 22.1 Å². The van der Waals surface area contributed by atoms with Crippen LogP contribution in [0.3, 0.4) is 0 Å². The van der Waals surface area contributed by atoms with Crippen molar-refractivity contribution < 1.29 is 14.1 Å². The first kappa shape index (κ1) is 16.1. The Morgan fingerprint density at radius 2 is 2.11 bits per heavy atom. The highest BCUT2D eigenvalue weighted by Crippen LogP contribution is 2.15. The van der Waals surface area contributed by atoms with Crippen LogP contribution in [0.15, 0.2) is 24.3 Å². The molecule has 2 unspecified atom stereocenters. The number of benzene rings is 1. The van der Waals surface area contributed by atoms with Crippen molar-refractivity contribution in [2.24, 2.45) is 5.73 Å². The predicted octanol–water partition coefficient (Wildman–Crippen LogP) is 1.43. The van der Waals surface area contributed by atoms with Crippen LogP contribution in [0, 0.1) is 0 Å². The average Bonchev–Trinajstić information content (AvgIpc) is 2.35. The number of nitrogens with two attached hydrogens (primary N) is 1. The van der Waals surface area contributed by atoms with Crippen LogP contribution in [0.5, 0.6) is 5.75 Å². The number of hydrogen-bond donors (Lipinski definition) is 2. The molecule has 0 amide bonds. The smallest absolute Gasteiger partial charge is 0.119 e. The lowest BCUT2D eigenvalue weighted by Crippen LogP contribution is -2.32. The highest BCUT2D eigenvalue weighted by atomic mass is 32.2. The monoisotopic (exact) mass is 285 g/mol. The first-order valence-electron chi connectivity index (χ1n) is 6.31. The Bertz CT molecular complexity index is 429. The second-order valence-electron chi connectivity index (χ2n) is 5.44. The van der Waals surface area contributed by atoms with Gasteiger partial charge in [-0.2, -0.15) is 0 Å². The zero-order valence-electron chi connectivity index (χ0n) is 11.8. The molecule has 0 aliphatic heterocycles. The van der Waals surface area contributed by atoms with E-state index in [9.17, 15) is 9.32 Å². The van der Waals surface area contributed by atoms with Gasteiger partial charge in [-0.25, -0.2) is 0 Å². The molecule has 0 heterocycles. The van der Waals surface area contributed by atoms with Crippen LogP contribution in [0.25, 0.3) is 0 Å². The molecule has 0 fully saturated rings. The Labute approximate surface area is 117 Å². The van der Waals surface area contributed by atoms with Gasteiger partial charge in [0.15, 0.2) is 0 Å². The molecule has 2 atom stereocenters. The van der Waals surface area contributed by atoms with Gasteiger partial charge in [-0.15, -0.1) is 0 Å². The van der Waals surface area contributed by atoms with Crippen molar-refractivity contribution in [3.63, 3.8) is 0 Å². The Kier molecular flexibility index (Phi) is 5.97. The Morgan fingerprint density at radius 1 is 1.42 bits per heavy atom. The summed E-state index contributed by atoms with van der Waals surface area (Å²) >= 11 is 0. The topological polar surface area (TPSA) is 72.5 Å². The average molecular weight is 285 g/mol. The minimum atomic E-state index is -1.08. The summed E-state index contributed by atoms with van der Waals surface area (Å²) in [7, 11) is -1.08. The van der Waals surface area contributed by atoms with Crippen LogP contribution < -0.4 is 10.5 Å². The van der Waals surface area contributed by atoms with Gasteiger partial charge in [0.25, 0.3) is 0 Å². The molecule has 1 aromatic carbocycles. The molecule has 1 aromatic rings. The van der Waals surface area contributed by atoms with E-state index in [1.54, 1.807) is 0 Å². The Balaban J connectivity index is 2.45. The van der Waals surface area contributed by atoms with Gasteiger partial charge < -0.3 is 15.6 Å². The minimum absolute atomic E-state index is 0.135. The number of aliphatic hydroxyl groups is 1. The van der Waals surface area contributed by atoms with Crippen LogP contribution in [-0.2, 0) is 17.3 Å². The Hall–Kier alpha value is -0.910. The van der Waals surface area contributed by atoms with Crippen molar-refractivity contribution >= 4 is 10.8 Å². The quantitative estimate of drug-likeness (QED) is 0.829. The van der Waals surface area contributed by atoms with E-state index in [2.05, 4.69) is 0 Å². The summed E-state index contributed by atoms with van der Waals surface area (Å²) in [6, 6.07) is 7.43. The summed E-state index contributed by atoms with van der Waals surface area (Å²) in [6.07, 6.45) is -0.735. The van der Waals surface area contributed by atoms with Gasteiger partial charge in [0.05, 0.1) is 11.9 Å². The van der Waals surface area contributed by atoms with Gasteiger partial charge in [-0.05, 0) is 38.5 Å². The summed E-state index contributed by atoms with van der Waals surface area (Å²) in [5.41, 5.74) is 6.52. The molecule has 1 rings (SSSR count). The number of rotatable bonds is 6. The first-order valence-corrected chi connectivity index (χ1v) is 7.63. The van der Waals surface area contributed by atoms with Crippen molar-refractivity contribution in [2.75, 3.05) is 12.4 Å². The maximum atomic E-state index is 11.9. The summed E-state index contributed by atoms with van der Waals surface area (Å²) in [5, 5.41) is 9.83. The fraction of sp³-hybridized carbons (Fsp3) is 0.571. The minimum Gasteiger partial charge on any atom is -0.491 e. The molecule has 4 nitrogen and oxygen atoms in total. The van der Waals surface area contributed by atoms with Crippen molar-refractivity contribution in [2.45, 2.75) is 38.2 Å². The van der Waals surface area contributed by atoms with E-state index in [0.717, 1.165) is 5.56 Å². The summed E-state index contributed by atoms with van der Waals surface area (Å²) in [6.45, 7) is 6.26. The van der Waals surface area contributed by atoms with Gasteiger partial charge in [0.1, 0.15) is 12.4 Å². The standard InChI is InChI=1S/C14H23NO3S/c1-14(2,3)19(17)10-12(16)9-18-13-6-4-5-11(7-13)8-15/h4-7,12,16H,8-10,15H2,1-3H3. The third-order valence-corrected chi connectivity index (χ3v) is 4.66. The molecule has 0 aromatic heterocycles. The maximum Gasteiger partial charge on any atom is 0.119 e. The molecule has 0 aliphatic rings. The van der Waals surface area contributed by atoms with E-state index in [-0.39, 0.29) is 17.1 Å². The van der Waals surface area contributed by atoms with Gasteiger partial charge in [0.2, 0.25) is 0 Å². The fourth-order valence-electron chi connectivity index (χ4n) is 1.43. The molecule has 0 radical (unpaired) electrons. The molecule has 3 N–H and O–H groups in total. The lowest BCUT2D eigenvalue weighted by molar-refractivity contribution is 0.125. The largest absolute Gasteiger partial charge is 0.491 e. The lowest BCUT2D eigenvalue weighted by Gasteiger charge is -2.20. The summed E-state index contributed by atoms with van der Waals surface area (Å²) in [4.78, 5) is 0. The molecule has 0 bridgehead atoms. The number of aliphatic hydroxyl groups excluding tert-OH is 1. The predicted molar refractivity (Wildman–Crippen MR) is 78.6 cm³/mol. The number of ether oxygens (including phenoxy) is 1. The highest BCUT2D eigenvalue weighted by Gasteiger charge is 2.22. The van der Waals surface area contributed by atoms with E-state index in [1.165, 1.54) is 0 Å². The first-order chi connectivity index (χ1) is 8.82. The molecule has 108 valence electrons. The van der Waals surface area contributed by atoms with Gasteiger partial charge in [-0.3, -0.25) is 4.21 Å². The van der Waals surface area contributed by atoms with E-state index in [0.29, 0.717) is 12.3 Å². The van der Waals surface area contributed by atoms with E-state index in [1.807, 2.05) is 45.0 Å². The van der Waals surface area contributed by atoms with Gasteiger partial charge in [-0.1, -0.05) is 12.1 Å². The van der Waals surface area contributed by atoms with Crippen molar-refractivity contribution in [3.05, 3.63) is 29.8 Å². The zero-order chi connectivity index (χ0) is 14.5. The molecule has 19 heavy (non-hydrogen) atoms. The molecule has 0 saturated carbocycles. The molecule has 0 spiro atoms. The van der Waals surface area contributed by atoms with Crippen LogP contribution in [-0.4, -0.2) is 32.5 Å². The fourth-order valence-corrected chi connectivity index (χ4v) is 2.37. The van der Waals surface area contributed by atoms with E-state index in [4.69, 9.17) is 10.5 Å². The van der Waals surface area contributed by atoms with E-state index >= 15 is 0 Å². The highest BCUT2D eigenvalue weighted by molar-refractivity contribution is 7.86. The van der Waals surface area contributed by atoms with Crippen LogP contribution in [0.4, 0.5) is 0 Å². The molecule has 0 aliphatic carbocycles. The molecular weight excluding hydrogens is 262 g/mol. The third kappa shape index (κ3) is 5.72. The molecular formula is C14H23NO3S. The van der Waals surface area contributed by atoms with Crippen LogP contribution in [0.1, 0.15) is 26.3 Å². The second-order valence-corrected chi connectivity index (χ2v) is 7.69. The van der Waals surface area contributed by atoms with Crippen molar-refractivity contribution in [1.82, 2.24) is 0 Å². The third-order valence-electron chi connectivity index (χ3n) is 2.60. The Morgan fingerprint density at radius 3 is 2.68 bits per heavy atom. The summed E-state index contributed by atoms with van der Waals surface area (Å²) in [5.74, 6) is 0.892. The lowest BCUT2D eigenvalue weighted by atomic mass is 10.2. The van der Waals surface area contributed by atoms with E-state index < -0.39 is 16.9 Å². The second kappa shape index (κ2) is 7.03. The van der Waals surface area contributed by atoms with Crippen LogP contribution >= 0.6 is 0 Å². The zero-order valence-corrected chi connectivity index (χ0v) is 12.6. The van der Waals surface area contributed by atoms with Crippen molar-refractivity contribution in [3.8, 4) is 5.75 Å². The SMILES string of the molecule is CC(C)(C)S(=O)CC(O)COc1cccc(CN)c1. The number of hydrogen-bond acceptors (Lipinski definition) is 4. The van der Waals surface area contributed by atoms with Crippen molar-refractivity contribution in [1.29, 1.82) is 0 Å².